The molecule has 0 radical (unpaired) electrons. The van der Waals surface area contributed by atoms with Gasteiger partial charge in [0.05, 0.1) is 0 Å². The zero-order valence-electron chi connectivity index (χ0n) is 18.3. The van der Waals surface area contributed by atoms with Crippen LogP contribution in [0.3, 0.4) is 0 Å². The lowest BCUT2D eigenvalue weighted by Gasteiger charge is -2.40. The minimum atomic E-state index is -0.250. The quantitative estimate of drug-likeness (QED) is 0.713. The van der Waals surface area contributed by atoms with Crippen LogP contribution in [0.4, 0.5) is 0 Å². The van der Waals surface area contributed by atoms with Crippen molar-refractivity contribution < 1.29 is 19.5 Å². The van der Waals surface area contributed by atoms with Crippen LogP contribution >= 0.6 is 0 Å². The van der Waals surface area contributed by atoms with Crippen molar-refractivity contribution in [3.8, 4) is 0 Å². The summed E-state index contributed by atoms with van der Waals surface area (Å²) >= 11 is 0. The van der Waals surface area contributed by atoms with Crippen LogP contribution in [0.15, 0.2) is 12.4 Å². The van der Waals surface area contributed by atoms with Gasteiger partial charge >= 0.3 is 0 Å². The molecule has 2 fully saturated rings. The summed E-state index contributed by atoms with van der Waals surface area (Å²) < 4.78 is 2.09. The molecule has 1 aromatic heterocycles. The number of aromatic nitrogens is 2. The maximum Gasteiger partial charge on any atom is 0.290 e. The van der Waals surface area contributed by atoms with E-state index >= 15 is 0 Å². The van der Waals surface area contributed by atoms with Crippen molar-refractivity contribution >= 4 is 18.3 Å². The van der Waals surface area contributed by atoms with Gasteiger partial charge in [0.1, 0.15) is 5.82 Å². The van der Waals surface area contributed by atoms with Gasteiger partial charge < -0.3 is 19.5 Å². The van der Waals surface area contributed by atoms with E-state index in [1.165, 1.54) is 0 Å². The van der Waals surface area contributed by atoms with E-state index in [1.54, 1.807) is 0 Å². The van der Waals surface area contributed by atoms with Crippen LogP contribution in [0.2, 0.25) is 0 Å². The number of carbonyl (C=O) groups excluding carboxylic acids is 2. The van der Waals surface area contributed by atoms with E-state index in [9.17, 15) is 9.59 Å². The first-order chi connectivity index (χ1) is 14.5. The lowest BCUT2D eigenvalue weighted by atomic mass is 9.78. The Morgan fingerprint density at radius 2 is 1.53 bits per heavy atom. The van der Waals surface area contributed by atoms with Crippen molar-refractivity contribution in [1.29, 1.82) is 0 Å². The summed E-state index contributed by atoms with van der Waals surface area (Å²) in [6.07, 6.45) is 10.3. The molecule has 2 aliphatic rings. The van der Waals surface area contributed by atoms with Gasteiger partial charge in [0.2, 0.25) is 11.8 Å². The maximum atomic E-state index is 12.6. The number of carboxylic acid groups (broad SMARTS) is 1. The number of imidazole rings is 1. The van der Waals surface area contributed by atoms with Gasteiger partial charge in [-0.15, -0.1) is 0 Å². The number of hydrogen-bond acceptors (Lipinski definition) is 4. The van der Waals surface area contributed by atoms with E-state index < -0.39 is 0 Å². The molecule has 0 atom stereocenters. The molecule has 1 aromatic rings. The molecule has 1 N–H and O–H groups in total. The van der Waals surface area contributed by atoms with Gasteiger partial charge in [0.25, 0.3) is 6.47 Å². The van der Waals surface area contributed by atoms with Gasteiger partial charge in [0, 0.05) is 64.4 Å². The molecule has 0 aliphatic carbocycles. The number of piperidine rings is 2. The Labute approximate surface area is 179 Å². The van der Waals surface area contributed by atoms with Crippen molar-refractivity contribution in [3.05, 3.63) is 18.2 Å². The van der Waals surface area contributed by atoms with Crippen molar-refractivity contribution in [2.45, 2.75) is 65.3 Å². The lowest BCUT2D eigenvalue weighted by Crippen LogP contribution is -2.44. The molecule has 168 valence electrons. The Bertz CT molecular complexity index is 674. The first kappa shape index (κ1) is 23.9. The summed E-state index contributed by atoms with van der Waals surface area (Å²) in [6, 6.07) is 0. The molecular weight excluding hydrogens is 384 g/mol. The number of amides is 2. The first-order valence-electron chi connectivity index (χ1n) is 11.2. The van der Waals surface area contributed by atoms with E-state index in [1.807, 2.05) is 24.2 Å². The van der Waals surface area contributed by atoms with Crippen LogP contribution in [0.25, 0.3) is 0 Å². The molecule has 8 nitrogen and oxygen atoms in total. The predicted octanol–water partition coefficient (Wildman–Crippen LogP) is 2.42. The van der Waals surface area contributed by atoms with E-state index in [0.717, 1.165) is 76.6 Å². The van der Waals surface area contributed by atoms with Crippen LogP contribution in [0, 0.1) is 11.8 Å². The van der Waals surface area contributed by atoms with Crippen molar-refractivity contribution in [2.24, 2.45) is 11.8 Å². The van der Waals surface area contributed by atoms with Crippen LogP contribution in [0.5, 0.6) is 0 Å². The van der Waals surface area contributed by atoms with Gasteiger partial charge in [-0.1, -0.05) is 13.8 Å². The summed E-state index contributed by atoms with van der Waals surface area (Å²) in [6.45, 7) is 8.13. The Kier molecular flexibility index (Phi) is 9.83. The third kappa shape index (κ3) is 6.57. The highest BCUT2D eigenvalue weighted by Crippen LogP contribution is 2.32. The minimum Gasteiger partial charge on any atom is -0.483 e. The fourth-order valence-electron chi connectivity index (χ4n) is 4.70. The second-order valence-corrected chi connectivity index (χ2v) is 8.04. The predicted molar refractivity (Wildman–Crippen MR) is 114 cm³/mol. The van der Waals surface area contributed by atoms with Gasteiger partial charge in [-0.2, -0.15) is 0 Å². The molecule has 0 aromatic carbocycles. The number of aryl methyl sites for hydroxylation is 2. The van der Waals surface area contributed by atoms with Crippen LogP contribution in [-0.4, -0.2) is 68.9 Å². The first-order valence-corrected chi connectivity index (χ1v) is 11.2. The molecule has 0 saturated carbocycles. The van der Waals surface area contributed by atoms with Gasteiger partial charge in [-0.05, 0) is 37.5 Å². The molecule has 3 heterocycles. The number of nitrogens with zero attached hydrogens (tertiary/aromatic N) is 4. The van der Waals surface area contributed by atoms with Crippen LogP contribution in [-0.2, 0) is 27.3 Å². The Balaban J connectivity index is 0.00000101. The smallest absolute Gasteiger partial charge is 0.290 e. The minimum absolute atomic E-state index is 0.250. The van der Waals surface area contributed by atoms with Gasteiger partial charge in [0.15, 0.2) is 0 Å². The average Bonchev–Trinajstić information content (AvgIpc) is 3.25. The summed E-state index contributed by atoms with van der Waals surface area (Å²) in [7, 11) is 0. The van der Waals surface area contributed by atoms with Crippen LogP contribution in [0.1, 0.15) is 58.2 Å². The second kappa shape index (κ2) is 12.3. The monoisotopic (exact) mass is 420 g/mol. The van der Waals surface area contributed by atoms with Crippen molar-refractivity contribution in [1.82, 2.24) is 19.4 Å². The molecule has 30 heavy (non-hydrogen) atoms. The van der Waals surface area contributed by atoms with Crippen LogP contribution < -0.4 is 0 Å². The Morgan fingerprint density at radius 1 is 1.03 bits per heavy atom. The molecule has 8 heteroatoms. The van der Waals surface area contributed by atoms with E-state index in [4.69, 9.17) is 9.90 Å². The van der Waals surface area contributed by atoms with Gasteiger partial charge in [-0.3, -0.25) is 14.4 Å². The molecule has 2 aliphatic heterocycles. The highest BCUT2D eigenvalue weighted by molar-refractivity contribution is 5.76. The molecule has 2 amide bonds. The third-order valence-corrected chi connectivity index (χ3v) is 6.44. The second-order valence-electron chi connectivity index (χ2n) is 8.04. The van der Waals surface area contributed by atoms with Gasteiger partial charge in [-0.25, -0.2) is 4.98 Å². The maximum absolute atomic E-state index is 12.6. The molecule has 0 spiro atoms. The zero-order valence-corrected chi connectivity index (χ0v) is 18.3. The fraction of sp³-hybridized carbons (Fsp3) is 0.727. The number of likely N-dealkylation sites (tertiary alicyclic amines) is 2. The molecule has 0 unspecified atom stereocenters. The van der Waals surface area contributed by atoms with E-state index in [0.29, 0.717) is 18.8 Å². The molecular formula is C22H36N4O4. The highest BCUT2D eigenvalue weighted by Gasteiger charge is 2.31. The highest BCUT2D eigenvalue weighted by atomic mass is 16.3. The SMILES string of the molecule is CCC(=O)N1CCC(C2CCN(C(=O)CCn3ccnc3CC)CC2)CC1.O=CO. The third-order valence-electron chi connectivity index (χ3n) is 6.44. The summed E-state index contributed by atoms with van der Waals surface area (Å²) in [5.74, 6) is 3.05. The van der Waals surface area contributed by atoms with E-state index in [-0.39, 0.29) is 18.3 Å². The lowest BCUT2D eigenvalue weighted by molar-refractivity contribution is -0.135. The number of rotatable bonds is 6. The molecule has 3 rings (SSSR count). The summed E-state index contributed by atoms with van der Waals surface area (Å²) in [4.78, 5) is 41.2. The molecule has 0 bridgehead atoms. The normalized spacial score (nSPS) is 17.9. The number of carbonyl (C=O) groups is 3. The standard InChI is InChI=1S/C21H34N4O2.CH2O2/c1-3-19-22-10-16-23(19)15-9-21(27)25-13-7-18(8-14-25)17-5-11-24(12-6-17)20(26)4-2;2-1-3/h10,16-18H,3-9,11-15H2,1-2H3;1H,(H,2,3). The van der Waals surface area contributed by atoms with Crippen molar-refractivity contribution in [2.75, 3.05) is 26.2 Å². The fourth-order valence-corrected chi connectivity index (χ4v) is 4.70. The topological polar surface area (TPSA) is 95.7 Å². The number of hydrogen-bond donors (Lipinski definition) is 1. The van der Waals surface area contributed by atoms with Crippen molar-refractivity contribution in [3.63, 3.8) is 0 Å². The summed E-state index contributed by atoms with van der Waals surface area (Å²) in [5.41, 5.74) is 0. The average molecular weight is 421 g/mol. The zero-order chi connectivity index (χ0) is 21.9. The Morgan fingerprint density at radius 3 is 2.00 bits per heavy atom. The molecule has 2 saturated heterocycles. The Hall–Kier alpha value is -2.38. The summed E-state index contributed by atoms with van der Waals surface area (Å²) in [5, 5.41) is 6.89. The van der Waals surface area contributed by atoms with E-state index in [2.05, 4.69) is 21.4 Å². The largest absolute Gasteiger partial charge is 0.483 e.